The van der Waals surface area contributed by atoms with Crippen LogP contribution in [0.1, 0.15) is 39.0 Å². The number of benzene rings is 1. The van der Waals surface area contributed by atoms with Crippen molar-refractivity contribution in [3.63, 3.8) is 0 Å². The topological polar surface area (TPSA) is 18.5 Å². The minimum absolute atomic E-state index is 0.135. The highest BCUT2D eigenvalue weighted by Crippen LogP contribution is 2.55. The largest absolute Gasteiger partial charge is 0.327 e. The van der Waals surface area contributed by atoms with E-state index in [-0.39, 0.29) is 5.60 Å². The molecule has 1 aromatic rings. The van der Waals surface area contributed by atoms with Gasteiger partial charge in [-0.3, -0.25) is 0 Å². The molecule has 2 aliphatic carbocycles. The summed E-state index contributed by atoms with van der Waals surface area (Å²) in [4.78, 5) is 0. The van der Waals surface area contributed by atoms with E-state index >= 15 is 0 Å². The summed E-state index contributed by atoms with van der Waals surface area (Å²) < 4.78 is 12.3. The van der Waals surface area contributed by atoms with Crippen LogP contribution in [0.4, 0.5) is 0 Å². The number of hydrogen-bond acceptors (Lipinski definition) is 2. The first kappa shape index (κ1) is 11.6. The van der Waals surface area contributed by atoms with Gasteiger partial charge in [0.2, 0.25) is 8.38 Å². The Bertz CT molecular complexity index is 371. The van der Waals surface area contributed by atoms with E-state index in [4.69, 9.17) is 9.05 Å². The molecule has 0 amide bonds. The minimum Gasteiger partial charge on any atom is -0.327 e. The Morgan fingerprint density at radius 3 is 2.47 bits per heavy atom. The first-order valence-corrected chi connectivity index (χ1v) is 7.70. The Morgan fingerprint density at radius 2 is 1.94 bits per heavy atom. The standard InChI is InChI=1S/C14H19O2P/c1-2-14(10-11-14)16-17(15-12-8-9-12)13-6-4-3-5-7-13/h3-7,12H,2,8-11H2,1H3. The van der Waals surface area contributed by atoms with Crippen LogP contribution < -0.4 is 5.30 Å². The molecule has 3 rings (SSSR count). The second-order valence-electron chi connectivity index (χ2n) is 5.03. The van der Waals surface area contributed by atoms with Crippen molar-refractivity contribution in [1.29, 1.82) is 0 Å². The maximum absolute atomic E-state index is 6.28. The van der Waals surface area contributed by atoms with Crippen molar-refractivity contribution in [3.8, 4) is 0 Å². The third-order valence-electron chi connectivity index (χ3n) is 3.46. The van der Waals surface area contributed by atoms with E-state index in [0.717, 1.165) is 6.42 Å². The van der Waals surface area contributed by atoms with E-state index in [1.807, 2.05) is 6.07 Å². The Kier molecular flexibility index (Phi) is 3.21. The second-order valence-corrected chi connectivity index (χ2v) is 6.45. The molecule has 0 heterocycles. The van der Waals surface area contributed by atoms with Crippen molar-refractivity contribution < 1.29 is 9.05 Å². The highest BCUT2D eigenvalue weighted by Gasteiger charge is 2.45. The number of rotatable bonds is 6. The van der Waals surface area contributed by atoms with Gasteiger partial charge in [0.25, 0.3) is 0 Å². The van der Waals surface area contributed by atoms with Crippen molar-refractivity contribution in [3.05, 3.63) is 30.3 Å². The van der Waals surface area contributed by atoms with Crippen LogP contribution in [0.25, 0.3) is 0 Å². The van der Waals surface area contributed by atoms with E-state index in [2.05, 4.69) is 31.2 Å². The third-order valence-corrected chi connectivity index (χ3v) is 5.23. The molecule has 2 nitrogen and oxygen atoms in total. The van der Waals surface area contributed by atoms with Crippen LogP contribution in [0, 0.1) is 0 Å². The van der Waals surface area contributed by atoms with Gasteiger partial charge < -0.3 is 9.05 Å². The minimum atomic E-state index is -0.864. The average molecular weight is 250 g/mol. The SMILES string of the molecule is CCC1(OP(OC2CC2)c2ccccc2)CC1. The summed E-state index contributed by atoms with van der Waals surface area (Å²) in [5, 5.41) is 1.22. The van der Waals surface area contributed by atoms with Crippen molar-refractivity contribution in [2.45, 2.75) is 50.7 Å². The molecule has 1 aromatic carbocycles. The van der Waals surface area contributed by atoms with Gasteiger partial charge in [-0.1, -0.05) is 25.1 Å². The van der Waals surface area contributed by atoms with Crippen LogP contribution in [-0.2, 0) is 9.05 Å². The summed E-state index contributed by atoms with van der Waals surface area (Å²) in [5.41, 5.74) is 0.135. The maximum atomic E-state index is 6.28. The molecule has 0 bridgehead atoms. The van der Waals surface area contributed by atoms with E-state index < -0.39 is 8.38 Å². The molecular weight excluding hydrogens is 231 g/mol. The van der Waals surface area contributed by atoms with E-state index in [1.54, 1.807) is 0 Å². The second kappa shape index (κ2) is 4.68. The van der Waals surface area contributed by atoms with Crippen LogP contribution >= 0.6 is 8.38 Å². The molecule has 17 heavy (non-hydrogen) atoms. The van der Waals surface area contributed by atoms with Gasteiger partial charge in [0.15, 0.2) is 0 Å². The lowest BCUT2D eigenvalue weighted by atomic mass is 10.3. The molecule has 3 heteroatoms. The van der Waals surface area contributed by atoms with Crippen molar-refractivity contribution in [2.24, 2.45) is 0 Å². The zero-order chi connectivity index (χ0) is 11.7. The van der Waals surface area contributed by atoms with E-state index in [0.29, 0.717) is 6.10 Å². The summed E-state index contributed by atoms with van der Waals surface area (Å²) >= 11 is 0. The van der Waals surface area contributed by atoms with Gasteiger partial charge in [-0.15, -0.1) is 0 Å². The first-order chi connectivity index (χ1) is 8.31. The molecule has 0 spiro atoms. The van der Waals surface area contributed by atoms with Gasteiger partial charge in [0.1, 0.15) is 0 Å². The lowest BCUT2D eigenvalue weighted by Gasteiger charge is -2.23. The monoisotopic (exact) mass is 250 g/mol. The van der Waals surface area contributed by atoms with Crippen molar-refractivity contribution in [2.75, 3.05) is 0 Å². The molecule has 1 atom stereocenters. The van der Waals surface area contributed by atoms with Gasteiger partial charge in [-0.25, -0.2) is 0 Å². The molecule has 92 valence electrons. The number of hydrogen-bond donors (Lipinski definition) is 0. The van der Waals surface area contributed by atoms with Crippen LogP contribution in [0.15, 0.2) is 30.3 Å². The predicted molar refractivity (Wildman–Crippen MR) is 70.4 cm³/mol. The summed E-state index contributed by atoms with van der Waals surface area (Å²) in [6, 6.07) is 10.4. The summed E-state index contributed by atoms with van der Waals surface area (Å²) in [6.45, 7) is 2.21. The van der Waals surface area contributed by atoms with Gasteiger partial charge in [-0.2, -0.15) is 0 Å². The molecule has 0 radical (unpaired) electrons. The van der Waals surface area contributed by atoms with Crippen molar-refractivity contribution >= 4 is 13.7 Å². The molecule has 1 unspecified atom stereocenters. The maximum Gasteiger partial charge on any atom is 0.205 e. The Hall–Kier alpha value is -0.430. The predicted octanol–water partition coefficient (Wildman–Crippen LogP) is 3.76. The van der Waals surface area contributed by atoms with E-state index in [9.17, 15) is 0 Å². The van der Waals surface area contributed by atoms with Gasteiger partial charge in [0, 0.05) is 5.30 Å². The molecule has 2 fully saturated rings. The van der Waals surface area contributed by atoms with Crippen LogP contribution in [-0.4, -0.2) is 11.7 Å². The fourth-order valence-corrected chi connectivity index (χ4v) is 3.65. The lowest BCUT2D eigenvalue weighted by Crippen LogP contribution is -2.15. The van der Waals surface area contributed by atoms with Crippen molar-refractivity contribution in [1.82, 2.24) is 0 Å². The van der Waals surface area contributed by atoms with Gasteiger partial charge in [-0.05, 0) is 44.2 Å². The normalized spacial score (nSPS) is 23.4. The highest BCUT2D eigenvalue weighted by molar-refractivity contribution is 7.56. The van der Waals surface area contributed by atoms with Gasteiger partial charge >= 0.3 is 0 Å². The fraction of sp³-hybridized carbons (Fsp3) is 0.571. The average Bonchev–Trinajstić information content (AvgIpc) is 3.26. The Labute approximate surface area is 104 Å². The lowest BCUT2D eigenvalue weighted by molar-refractivity contribution is 0.157. The highest BCUT2D eigenvalue weighted by atomic mass is 31.2. The molecule has 0 N–H and O–H groups in total. The molecular formula is C14H19O2P. The Balaban J connectivity index is 1.72. The zero-order valence-electron chi connectivity index (χ0n) is 10.3. The quantitative estimate of drug-likeness (QED) is 0.716. The van der Waals surface area contributed by atoms with Crippen LogP contribution in [0.3, 0.4) is 0 Å². The fourth-order valence-electron chi connectivity index (χ4n) is 1.82. The van der Waals surface area contributed by atoms with E-state index in [1.165, 1.54) is 31.0 Å². The zero-order valence-corrected chi connectivity index (χ0v) is 11.2. The van der Waals surface area contributed by atoms with Crippen LogP contribution in [0.5, 0.6) is 0 Å². The summed E-state index contributed by atoms with van der Waals surface area (Å²) in [7, 11) is -0.864. The van der Waals surface area contributed by atoms with Gasteiger partial charge in [0.05, 0.1) is 11.7 Å². The first-order valence-electron chi connectivity index (χ1n) is 6.52. The molecule has 0 aromatic heterocycles. The Morgan fingerprint density at radius 1 is 1.24 bits per heavy atom. The smallest absolute Gasteiger partial charge is 0.205 e. The molecule has 2 saturated carbocycles. The molecule has 2 aliphatic rings. The summed E-state index contributed by atoms with van der Waals surface area (Å²) in [5.74, 6) is 0. The summed E-state index contributed by atoms with van der Waals surface area (Å²) in [6.07, 6.45) is 6.36. The third kappa shape index (κ3) is 2.88. The molecule has 0 aliphatic heterocycles. The van der Waals surface area contributed by atoms with Crippen LogP contribution in [0.2, 0.25) is 0 Å². The molecule has 0 saturated heterocycles.